The van der Waals surface area contributed by atoms with E-state index in [-0.39, 0.29) is 0 Å². The van der Waals surface area contributed by atoms with Gasteiger partial charge in [-0.05, 0) is 24.8 Å². The third kappa shape index (κ3) is 2.03. The average molecular weight is 277 g/mol. The number of thiophene rings is 1. The molecule has 4 nitrogen and oxygen atoms in total. The van der Waals surface area contributed by atoms with Crippen LogP contribution in [0.1, 0.15) is 22.4 Å². The normalized spacial score (nSPS) is 14.5. The van der Waals surface area contributed by atoms with Gasteiger partial charge in [-0.2, -0.15) is 5.26 Å². The number of nitrogens with one attached hydrogen (secondary N) is 1. The maximum Gasteiger partial charge on any atom is 0.247 e. The lowest BCUT2D eigenvalue weighted by Crippen LogP contribution is -2.13. The zero-order chi connectivity index (χ0) is 11.8. The number of anilines is 1. The molecule has 1 N–H and O–H groups in total. The third-order valence-electron chi connectivity index (χ3n) is 2.42. The van der Waals surface area contributed by atoms with Crippen LogP contribution in [0.5, 0.6) is 0 Å². The monoisotopic (exact) mass is 276 g/mol. The number of sulfonamides is 1. The highest BCUT2D eigenvalue weighted by molar-refractivity contribution is 7.94. The van der Waals surface area contributed by atoms with E-state index in [2.05, 4.69) is 10.8 Å². The first kappa shape index (κ1) is 11.7. The van der Waals surface area contributed by atoms with E-state index in [4.69, 9.17) is 16.9 Å². The number of halogens is 1. The average Bonchev–Trinajstić information content (AvgIpc) is 2.77. The van der Waals surface area contributed by atoms with Gasteiger partial charge in [-0.1, -0.05) is 0 Å². The second-order valence-corrected chi connectivity index (χ2v) is 6.91. The van der Waals surface area contributed by atoms with Crippen molar-refractivity contribution in [1.29, 1.82) is 5.26 Å². The van der Waals surface area contributed by atoms with Crippen LogP contribution in [-0.4, -0.2) is 13.6 Å². The van der Waals surface area contributed by atoms with Crippen molar-refractivity contribution in [1.82, 2.24) is 0 Å². The predicted octanol–water partition coefficient (Wildman–Crippen LogP) is 2.05. The molecule has 0 aliphatic heterocycles. The number of rotatable bonds is 3. The Hall–Kier alpha value is -0.770. The Morgan fingerprint density at radius 2 is 2.25 bits per heavy atom. The summed E-state index contributed by atoms with van der Waals surface area (Å²) in [6.07, 6.45) is 2.83. The lowest BCUT2D eigenvalue weighted by atomic mass is 10.1. The van der Waals surface area contributed by atoms with Gasteiger partial charge in [0, 0.05) is 4.88 Å². The molecule has 0 saturated heterocycles. The van der Waals surface area contributed by atoms with E-state index in [1.54, 1.807) is 0 Å². The van der Waals surface area contributed by atoms with Gasteiger partial charge in [0.25, 0.3) is 0 Å². The van der Waals surface area contributed by atoms with Crippen LogP contribution in [0.3, 0.4) is 0 Å². The van der Waals surface area contributed by atoms with E-state index in [0.717, 1.165) is 29.7 Å². The van der Waals surface area contributed by atoms with Gasteiger partial charge in [0.15, 0.2) is 0 Å². The van der Waals surface area contributed by atoms with E-state index >= 15 is 0 Å². The molecular weight excluding hydrogens is 268 g/mol. The molecule has 16 heavy (non-hydrogen) atoms. The van der Waals surface area contributed by atoms with Gasteiger partial charge in [-0.3, -0.25) is 4.72 Å². The SMILES string of the molecule is N#Cc1c(NS(=O)(=O)CCl)sc2c1CCC2. The Balaban J connectivity index is 2.41. The van der Waals surface area contributed by atoms with Gasteiger partial charge in [-0.15, -0.1) is 22.9 Å². The van der Waals surface area contributed by atoms with Gasteiger partial charge < -0.3 is 0 Å². The molecule has 1 aliphatic rings. The minimum Gasteiger partial charge on any atom is -0.272 e. The fraction of sp³-hybridized carbons (Fsp3) is 0.444. The van der Waals surface area contributed by atoms with Crippen LogP contribution in [-0.2, 0) is 22.9 Å². The summed E-state index contributed by atoms with van der Waals surface area (Å²) in [7, 11) is -3.52. The first-order valence-corrected chi connectivity index (χ1v) is 7.69. The summed E-state index contributed by atoms with van der Waals surface area (Å²) in [5.41, 5.74) is 1.46. The van der Waals surface area contributed by atoms with E-state index in [1.807, 2.05) is 0 Å². The highest BCUT2D eigenvalue weighted by Crippen LogP contribution is 2.38. The molecule has 86 valence electrons. The van der Waals surface area contributed by atoms with Crippen LogP contribution < -0.4 is 4.72 Å². The zero-order valence-electron chi connectivity index (χ0n) is 8.29. The molecule has 0 radical (unpaired) electrons. The molecular formula is C9H9ClN2O2S2. The number of nitrogens with zero attached hydrogens (tertiary/aromatic N) is 1. The minimum absolute atomic E-state index is 0.410. The van der Waals surface area contributed by atoms with E-state index < -0.39 is 15.2 Å². The Morgan fingerprint density at radius 1 is 1.50 bits per heavy atom. The van der Waals surface area contributed by atoms with Crippen LogP contribution in [0.2, 0.25) is 0 Å². The second-order valence-electron chi connectivity index (χ2n) is 3.50. The summed E-state index contributed by atoms with van der Waals surface area (Å²) in [5.74, 6) is 0. The molecule has 0 amide bonds. The maximum absolute atomic E-state index is 11.3. The van der Waals surface area contributed by atoms with Gasteiger partial charge in [0.05, 0.1) is 5.56 Å². The van der Waals surface area contributed by atoms with E-state index in [9.17, 15) is 8.42 Å². The third-order valence-corrected chi connectivity index (χ3v) is 5.43. The van der Waals surface area contributed by atoms with Crippen molar-refractivity contribution < 1.29 is 8.42 Å². The molecule has 0 atom stereocenters. The zero-order valence-corrected chi connectivity index (χ0v) is 10.7. The summed E-state index contributed by atoms with van der Waals surface area (Å²) in [6.45, 7) is 0. The maximum atomic E-state index is 11.3. The van der Waals surface area contributed by atoms with Crippen molar-refractivity contribution in [3.63, 3.8) is 0 Å². The molecule has 0 unspecified atom stereocenters. The van der Waals surface area contributed by atoms with Crippen molar-refractivity contribution in [2.75, 3.05) is 9.93 Å². The first-order chi connectivity index (χ1) is 7.57. The lowest BCUT2D eigenvalue weighted by Gasteiger charge is -2.02. The van der Waals surface area contributed by atoms with E-state index in [1.165, 1.54) is 11.3 Å². The Morgan fingerprint density at radius 3 is 2.88 bits per heavy atom. The standard InChI is InChI=1S/C9H9ClN2O2S2/c10-5-16(13,14)12-9-7(4-11)6-2-1-3-8(6)15-9/h12H,1-3,5H2. The molecule has 1 aliphatic carbocycles. The van der Waals surface area contributed by atoms with Crippen LogP contribution >= 0.6 is 22.9 Å². The largest absolute Gasteiger partial charge is 0.272 e. The summed E-state index contributed by atoms with van der Waals surface area (Å²) < 4.78 is 25.0. The molecule has 0 aromatic carbocycles. The lowest BCUT2D eigenvalue weighted by molar-refractivity contribution is 0.605. The van der Waals surface area contributed by atoms with Crippen LogP contribution in [0.15, 0.2) is 0 Å². The van der Waals surface area contributed by atoms with Crippen molar-refractivity contribution in [3.05, 3.63) is 16.0 Å². The summed E-state index contributed by atoms with van der Waals surface area (Å²) in [4.78, 5) is 1.11. The topological polar surface area (TPSA) is 70.0 Å². The van der Waals surface area contributed by atoms with Crippen LogP contribution in [0.4, 0.5) is 5.00 Å². The van der Waals surface area contributed by atoms with Crippen molar-refractivity contribution in [2.45, 2.75) is 19.3 Å². The Bertz CT molecular complexity index is 557. The highest BCUT2D eigenvalue weighted by Gasteiger charge is 2.24. The second kappa shape index (κ2) is 4.24. The molecule has 1 aromatic heterocycles. The fourth-order valence-corrected chi connectivity index (χ4v) is 4.00. The van der Waals surface area contributed by atoms with Gasteiger partial charge in [-0.25, -0.2) is 8.42 Å². The number of aryl methyl sites for hydroxylation is 1. The van der Waals surface area contributed by atoms with Crippen LogP contribution in [0.25, 0.3) is 0 Å². The molecule has 0 saturated carbocycles. The summed E-state index contributed by atoms with van der Waals surface area (Å²) in [5, 5.41) is 8.94. The number of fused-ring (bicyclic) bond motifs is 1. The molecule has 7 heteroatoms. The number of alkyl halides is 1. The highest BCUT2D eigenvalue weighted by atomic mass is 35.5. The molecule has 1 aromatic rings. The quantitative estimate of drug-likeness (QED) is 0.859. The van der Waals surface area contributed by atoms with Gasteiger partial charge >= 0.3 is 0 Å². The Labute approximate surface area is 103 Å². The first-order valence-electron chi connectivity index (χ1n) is 4.68. The predicted molar refractivity (Wildman–Crippen MR) is 64.3 cm³/mol. The smallest absolute Gasteiger partial charge is 0.247 e. The summed E-state index contributed by atoms with van der Waals surface area (Å²) >= 11 is 6.65. The Kier molecular flexibility index (Phi) is 3.10. The van der Waals surface area contributed by atoms with Gasteiger partial charge in [0.1, 0.15) is 16.3 Å². The molecule has 2 rings (SSSR count). The molecule has 0 fully saturated rings. The molecule has 0 bridgehead atoms. The molecule has 1 heterocycles. The van der Waals surface area contributed by atoms with E-state index in [0.29, 0.717) is 10.6 Å². The fourth-order valence-electron chi connectivity index (χ4n) is 1.76. The molecule has 0 spiro atoms. The number of hydrogen-bond donors (Lipinski definition) is 1. The van der Waals surface area contributed by atoms with Crippen molar-refractivity contribution in [3.8, 4) is 6.07 Å². The number of hydrogen-bond acceptors (Lipinski definition) is 4. The van der Waals surface area contributed by atoms with Crippen molar-refractivity contribution in [2.24, 2.45) is 0 Å². The minimum atomic E-state index is -3.52. The van der Waals surface area contributed by atoms with Gasteiger partial charge in [0.2, 0.25) is 10.0 Å². The van der Waals surface area contributed by atoms with Crippen LogP contribution in [0, 0.1) is 11.3 Å². The summed E-state index contributed by atoms with van der Waals surface area (Å²) in [6, 6.07) is 2.06. The van der Waals surface area contributed by atoms with Crippen molar-refractivity contribution >= 4 is 38.0 Å². The number of nitriles is 1.